The van der Waals surface area contributed by atoms with Crippen LogP contribution in [0.4, 0.5) is 10.1 Å². The van der Waals surface area contributed by atoms with E-state index in [0.29, 0.717) is 4.47 Å². The Hall–Kier alpha value is -1.08. The van der Waals surface area contributed by atoms with Gasteiger partial charge in [0.2, 0.25) is 0 Å². The van der Waals surface area contributed by atoms with Gasteiger partial charge in [-0.3, -0.25) is 0 Å². The maximum Gasteiger partial charge on any atom is 0.137 e. The molecule has 1 fully saturated rings. The van der Waals surface area contributed by atoms with Crippen molar-refractivity contribution in [2.45, 2.75) is 31.7 Å². The summed E-state index contributed by atoms with van der Waals surface area (Å²) in [5.41, 5.74) is 0.866. The standard InChI is InChI=1S/C13H14BrFN2/c14-11-7-10(5-6-12(11)15)17-13-4-2-1-3-9(13)8-16/h5-7,9,13,17H,1-4H2. The first-order valence-corrected chi connectivity index (χ1v) is 6.61. The number of rotatable bonds is 2. The zero-order chi connectivity index (χ0) is 12.3. The van der Waals surface area contributed by atoms with Gasteiger partial charge in [-0.15, -0.1) is 0 Å². The number of benzene rings is 1. The quantitative estimate of drug-likeness (QED) is 0.892. The summed E-state index contributed by atoms with van der Waals surface area (Å²) in [6, 6.07) is 7.40. The van der Waals surface area contributed by atoms with E-state index < -0.39 is 0 Å². The topological polar surface area (TPSA) is 35.8 Å². The minimum Gasteiger partial charge on any atom is -0.381 e. The molecule has 1 saturated carbocycles. The van der Waals surface area contributed by atoms with Gasteiger partial charge in [0.15, 0.2) is 0 Å². The molecule has 1 aliphatic carbocycles. The second-order valence-electron chi connectivity index (χ2n) is 4.40. The van der Waals surface area contributed by atoms with E-state index in [1.165, 1.54) is 6.07 Å². The van der Waals surface area contributed by atoms with Gasteiger partial charge >= 0.3 is 0 Å². The molecule has 4 heteroatoms. The lowest BCUT2D eigenvalue weighted by Gasteiger charge is -2.28. The van der Waals surface area contributed by atoms with Gasteiger partial charge in [-0.05, 0) is 47.0 Å². The molecule has 2 atom stereocenters. The molecule has 0 heterocycles. The van der Waals surface area contributed by atoms with E-state index in [1.807, 2.05) is 0 Å². The number of hydrogen-bond acceptors (Lipinski definition) is 2. The lowest BCUT2D eigenvalue weighted by Crippen LogP contribution is -2.31. The first-order valence-electron chi connectivity index (χ1n) is 5.82. The molecule has 0 radical (unpaired) electrons. The van der Waals surface area contributed by atoms with Crippen LogP contribution in [0.3, 0.4) is 0 Å². The molecular formula is C13H14BrFN2. The van der Waals surface area contributed by atoms with Crippen LogP contribution < -0.4 is 5.32 Å². The van der Waals surface area contributed by atoms with Gasteiger partial charge < -0.3 is 5.32 Å². The maximum absolute atomic E-state index is 13.1. The number of nitrogens with zero attached hydrogens (tertiary/aromatic N) is 1. The maximum atomic E-state index is 13.1. The van der Waals surface area contributed by atoms with Crippen molar-refractivity contribution in [3.8, 4) is 6.07 Å². The van der Waals surface area contributed by atoms with Crippen LogP contribution in [-0.2, 0) is 0 Å². The van der Waals surface area contributed by atoms with E-state index in [-0.39, 0.29) is 17.8 Å². The molecule has 2 rings (SSSR count). The molecule has 0 bridgehead atoms. The van der Waals surface area contributed by atoms with E-state index in [0.717, 1.165) is 31.4 Å². The second-order valence-corrected chi connectivity index (χ2v) is 5.25. The first-order chi connectivity index (χ1) is 8.20. The summed E-state index contributed by atoms with van der Waals surface area (Å²) < 4.78 is 13.5. The predicted octanol–water partition coefficient (Wildman–Crippen LogP) is 4.08. The van der Waals surface area contributed by atoms with Crippen LogP contribution in [0.1, 0.15) is 25.7 Å². The van der Waals surface area contributed by atoms with Gasteiger partial charge in [0, 0.05) is 11.7 Å². The van der Waals surface area contributed by atoms with E-state index in [1.54, 1.807) is 12.1 Å². The molecule has 90 valence electrons. The lowest BCUT2D eigenvalue weighted by molar-refractivity contribution is 0.389. The Morgan fingerprint density at radius 1 is 1.35 bits per heavy atom. The van der Waals surface area contributed by atoms with Crippen LogP contribution >= 0.6 is 15.9 Å². The third-order valence-electron chi connectivity index (χ3n) is 3.20. The number of nitriles is 1. The molecule has 0 aliphatic heterocycles. The van der Waals surface area contributed by atoms with Crippen molar-refractivity contribution in [1.82, 2.24) is 0 Å². The summed E-state index contributed by atoms with van der Waals surface area (Å²) in [6.45, 7) is 0. The van der Waals surface area contributed by atoms with E-state index >= 15 is 0 Å². The van der Waals surface area contributed by atoms with E-state index in [2.05, 4.69) is 27.3 Å². The largest absolute Gasteiger partial charge is 0.381 e. The predicted molar refractivity (Wildman–Crippen MR) is 69.1 cm³/mol. The van der Waals surface area contributed by atoms with Crippen LogP contribution in [0.25, 0.3) is 0 Å². The molecule has 1 aromatic carbocycles. The lowest BCUT2D eigenvalue weighted by atomic mass is 9.85. The van der Waals surface area contributed by atoms with Crippen molar-refractivity contribution >= 4 is 21.6 Å². The fourth-order valence-electron chi connectivity index (χ4n) is 2.26. The van der Waals surface area contributed by atoms with Crippen LogP contribution in [0.5, 0.6) is 0 Å². The monoisotopic (exact) mass is 296 g/mol. The average molecular weight is 297 g/mol. The Labute approximate surface area is 109 Å². The minimum atomic E-state index is -0.268. The summed E-state index contributed by atoms with van der Waals surface area (Å²) >= 11 is 3.16. The van der Waals surface area contributed by atoms with Crippen LogP contribution in [0, 0.1) is 23.1 Å². The molecule has 2 unspecified atom stereocenters. The van der Waals surface area contributed by atoms with Crippen LogP contribution in [-0.4, -0.2) is 6.04 Å². The van der Waals surface area contributed by atoms with Crippen molar-refractivity contribution in [2.75, 3.05) is 5.32 Å². The molecule has 0 spiro atoms. The van der Waals surface area contributed by atoms with Crippen molar-refractivity contribution in [2.24, 2.45) is 5.92 Å². The highest BCUT2D eigenvalue weighted by Crippen LogP contribution is 2.28. The molecular weight excluding hydrogens is 283 g/mol. The fraction of sp³-hybridized carbons (Fsp3) is 0.462. The summed E-state index contributed by atoms with van der Waals surface area (Å²) in [6.07, 6.45) is 4.24. The zero-order valence-corrected chi connectivity index (χ0v) is 11.0. The molecule has 0 aromatic heterocycles. The van der Waals surface area contributed by atoms with Crippen LogP contribution in [0.15, 0.2) is 22.7 Å². The van der Waals surface area contributed by atoms with E-state index in [9.17, 15) is 4.39 Å². The second kappa shape index (κ2) is 5.50. The smallest absolute Gasteiger partial charge is 0.137 e. The van der Waals surface area contributed by atoms with Crippen molar-refractivity contribution < 1.29 is 4.39 Å². The molecule has 2 nitrogen and oxygen atoms in total. The third kappa shape index (κ3) is 2.98. The normalized spacial score (nSPS) is 24.1. The highest BCUT2D eigenvalue weighted by Gasteiger charge is 2.24. The number of nitrogens with one attached hydrogen (secondary N) is 1. The average Bonchev–Trinajstić information content (AvgIpc) is 2.34. The van der Waals surface area contributed by atoms with Crippen LogP contribution in [0.2, 0.25) is 0 Å². The zero-order valence-electron chi connectivity index (χ0n) is 9.42. The summed E-state index contributed by atoms with van der Waals surface area (Å²) in [5, 5.41) is 12.4. The fourth-order valence-corrected chi connectivity index (χ4v) is 2.64. The Kier molecular flexibility index (Phi) is 4.01. The van der Waals surface area contributed by atoms with Gasteiger partial charge in [-0.1, -0.05) is 12.8 Å². The van der Waals surface area contributed by atoms with Crippen molar-refractivity contribution in [3.05, 3.63) is 28.5 Å². The highest BCUT2D eigenvalue weighted by atomic mass is 79.9. The van der Waals surface area contributed by atoms with Gasteiger partial charge in [0.25, 0.3) is 0 Å². The van der Waals surface area contributed by atoms with Crippen molar-refractivity contribution in [1.29, 1.82) is 5.26 Å². The summed E-state index contributed by atoms with van der Waals surface area (Å²) in [4.78, 5) is 0. The van der Waals surface area contributed by atoms with Crippen molar-refractivity contribution in [3.63, 3.8) is 0 Å². The molecule has 1 N–H and O–H groups in total. The SMILES string of the molecule is N#CC1CCCCC1Nc1ccc(F)c(Br)c1. The summed E-state index contributed by atoms with van der Waals surface area (Å²) in [7, 11) is 0. The van der Waals surface area contributed by atoms with E-state index in [4.69, 9.17) is 5.26 Å². The van der Waals surface area contributed by atoms with Gasteiger partial charge in [-0.2, -0.15) is 5.26 Å². The Morgan fingerprint density at radius 2 is 2.12 bits per heavy atom. The third-order valence-corrected chi connectivity index (χ3v) is 3.81. The Morgan fingerprint density at radius 3 is 2.82 bits per heavy atom. The van der Waals surface area contributed by atoms with Gasteiger partial charge in [0.05, 0.1) is 16.5 Å². The number of anilines is 1. The molecule has 1 aromatic rings. The minimum absolute atomic E-state index is 0.0626. The highest BCUT2D eigenvalue weighted by molar-refractivity contribution is 9.10. The first kappa shape index (κ1) is 12.4. The molecule has 1 aliphatic rings. The number of halogens is 2. The Balaban J connectivity index is 2.09. The van der Waals surface area contributed by atoms with Gasteiger partial charge in [0.1, 0.15) is 5.82 Å². The molecule has 0 saturated heterocycles. The molecule has 17 heavy (non-hydrogen) atoms. The molecule has 0 amide bonds. The Bertz CT molecular complexity index is 442. The number of hydrogen-bond donors (Lipinski definition) is 1. The van der Waals surface area contributed by atoms with Gasteiger partial charge in [-0.25, -0.2) is 4.39 Å². The summed E-state index contributed by atoms with van der Waals surface area (Å²) in [5.74, 6) is -0.205.